The lowest BCUT2D eigenvalue weighted by atomic mass is 9.96. The number of hydrogen-bond acceptors (Lipinski definition) is 2. The zero-order valence-corrected chi connectivity index (χ0v) is 12.1. The van der Waals surface area contributed by atoms with Crippen LogP contribution < -0.4 is 0 Å². The molecule has 0 bridgehead atoms. The highest BCUT2D eigenvalue weighted by Crippen LogP contribution is 2.37. The summed E-state index contributed by atoms with van der Waals surface area (Å²) >= 11 is 3.20. The molecule has 1 aliphatic carbocycles. The van der Waals surface area contributed by atoms with Crippen molar-refractivity contribution < 1.29 is 9.59 Å². The summed E-state index contributed by atoms with van der Waals surface area (Å²) in [6, 6.07) is 18.7. The molecule has 0 N–H and O–H groups in total. The van der Waals surface area contributed by atoms with Crippen molar-refractivity contribution in [2.45, 2.75) is 4.83 Å². The average Bonchev–Trinajstić information content (AvgIpc) is 2.73. The summed E-state index contributed by atoms with van der Waals surface area (Å²) in [7, 11) is 0. The van der Waals surface area contributed by atoms with Crippen LogP contribution in [-0.2, 0) is 9.59 Å². The normalized spacial score (nSPS) is 16.1. The third-order valence-electron chi connectivity index (χ3n) is 3.33. The number of rotatable bonds is 2. The van der Waals surface area contributed by atoms with Gasteiger partial charge in [-0.3, -0.25) is 9.59 Å². The van der Waals surface area contributed by atoms with Crippen LogP contribution in [0.15, 0.2) is 60.7 Å². The summed E-state index contributed by atoms with van der Waals surface area (Å²) in [5.41, 5.74) is 2.57. The van der Waals surface area contributed by atoms with E-state index in [9.17, 15) is 9.59 Å². The van der Waals surface area contributed by atoms with E-state index in [1.807, 2.05) is 60.7 Å². The number of Topliss-reactive ketones (excluding diaryl/α,β-unsaturated/α-hetero) is 2. The molecule has 3 heteroatoms. The summed E-state index contributed by atoms with van der Waals surface area (Å²) in [6.45, 7) is 0. The Morgan fingerprint density at radius 1 is 0.650 bits per heavy atom. The fourth-order valence-corrected chi connectivity index (χ4v) is 2.86. The van der Waals surface area contributed by atoms with Gasteiger partial charge in [-0.05, 0) is 11.1 Å². The van der Waals surface area contributed by atoms with E-state index in [1.165, 1.54) is 0 Å². The first kappa shape index (κ1) is 13.0. The van der Waals surface area contributed by atoms with Crippen LogP contribution >= 0.6 is 15.9 Å². The van der Waals surface area contributed by atoms with Gasteiger partial charge >= 0.3 is 0 Å². The molecule has 20 heavy (non-hydrogen) atoms. The van der Waals surface area contributed by atoms with Crippen molar-refractivity contribution in [3.8, 4) is 0 Å². The van der Waals surface area contributed by atoms with Gasteiger partial charge in [-0.25, -0.2) is 0 Å². The molecule has 0 spiro atoms. The van der Waals surface area contributed by atoms with Crippen molar-refractivity contribution in [3.63, 3.8) is 0 Å². The van der Waals surface area contributed by atoms with Crippen LogP contribution in [0.5, 0.6) is 0 Å². The van der Waals surface area contributed by atoms with Crippen molar-refractivity contribution in [2.24, 2.45) is 0 Å². The van der Waals surface area contributed by atoms with Gasteiger partial charge in [0.25, 0.3) is 0 Å². The van der Waals surface area contributed by atoms with Crippen molar-refractivity contribution >= 4 is 38.6 Å². The molecule has 0 aliphatic heterocycles. The van der Waals surface area contributed by atoms with Crippen LogP contribution in [0.1, 0.15) is 11.1 Å². The Labute approximate surface area is 125 Å². The SMILES string of the molecule is O=C1C(c2ccccc2)=C(c2ccccc2)C(=O)C1Br. The molecule has 0 fully saturated rings. The first-order valence-electron chi connectivity index (χ1n) is 6.28. The number of carbonyl (C=O) groups excluding carboxylic acids is 2. The van der Waals surface area contributed by atoms with E-state index in [-0.39, 0.29) is 11.6 Å². The van der Waals surface area contributed by atoms with E-state index < -0.39 is 4.83 Å². The largest absolute Gasteiger partial charge is 0.292 e. The first-order valence-corrected chi connectivity index (χ1v) is 7.19. The highest BCUT2D eigenvalue weighted by molar-refractivity contribution is 9.10. The smallest absolute Gasteiger partial charge is 0.185 e. The minimum Gasteiger partial charge on any atom is -0.292 e. The Balaban J connectivity index is 2.26. The van der Waals surface area contributed by atoms with Crippen LogP contribution in [0, 0.1) is 0 Å². The fraction of sp³-hybridized carbons (Fsp3) is 0.0588. The monoisotopic (exact) mass is 326 g/mol. The topological polar surface area (TPSA) is 34.1 Å². The van der Waals surface area contributed by atoms with Gasteiger partial charge in [0, 0.05) is 11.1 Å². The zero-order chi connectivity index (χ0) is 14.1. The van der Waals surface area contributed by atoms with Gasteiger partial charge < -0.3 is 0 Å². The molecule has 0 unspecified atom stereocenters. The summed E-state index contributed by atoms with van der Waals surface area (Å²) in [5, 5.41) is 0. The molecule has 2 nitrogen and oxygen atoms in total. The van der Waals surface area contributed by atoms with E-state index in [0.29, 0.717) is 11.1 Å². The molecular formula is C17H11BrO2. The molecule has 0 amide bonds. The maximum Gasteiger partial charge on any atom is 0.185 e. The molecule has 0 saturated heterocycles. The maximum atomic E-state index is 12.4. The van der Waals surface area contributed by atoms with Gasteiger partial charge in [0.2, 0.25) is 0 Å². The van der Waals surface area contributed by atoms with Crippen LogP contribution in [0.4, 0.5) is 0 Å². The third-order valence-corrected chi connectivity index (χ3v) is 4.16. The second-order valence-corrected chi connectivity index (χ2v) is 5.49. The molecule has 3 rings (SSSR count). The van der Waals surface area contributed by atoms with E-state index >= 15 is 0 Å². The van der Waals surface area contributed by atoms with Crippen LogP contribution in [0.3, 0.4) is 0 Å². The summed E-state index contributed by atoms with van der Waals surface area (Å²) in [5.74, 6) is -0.333. The highest BCUT2D eigenvalue weighted by Gasteiger charge is 2.40. The molecule has 0 saturated carbocycles. The van der Waals surface area contributed by atoms with Gasteiger partial charge in [-0.1, -0.05) is 76.6 Å². The van der Waals surface area contributed by atoms with Gasteiger partial charge in [0.1, 0.15) is 4.83 Å². The number of carbonyl (C=O) groups is 2. The number of alkyl halides is 1. The van der Waals surface area contributed by atoms with Crippen molar-refractivity contribution in [1.29, 1.82) is 0 Å². The Morgan fingerprint density at radius 3 is 1.35 bits per heavy atom. The summed E-state index contributed by atoms with van der Waals surface area (Å²) < 4.78 is 0. The Kier molecular flexibility index (Phi) is 3.36. The second kappa shape index (κ2) is 5.17. The molecule has 2 aromatic rings. The Morgan fingerprint density at radius 2 is 1.00 bits per heavy atom. The summed E-state index contributed by atoms with van der Waals surface area (Å²) in [4.78, 5) is 24.0. The number of hydrogen-bond donors (Lipinski definition) is 0. The van der Waals surface area contributed by atoms with E-state index in [1.54, 1.807) is 0 Å². The van der Waals surface area contributed by atoms with Gasteiger partial charge in [0.05, 0.1) is 0 Å². The standard InChI is InChI=1S/C17H11BrO2/c18-15-16(19)13(11-7-3-1-4-8-11)14(17(15)20)12-9-5-2-6-10-12/h1-10,15H. The number of ketones is 2. The van der Waals surface area contributed by atoms with E-state index in [2.05, 4.69) is 15.9 Å². The lowest BCUT2D eigenvalue weighted by molar-refractivity contribution is -0.118. The summed E-state index contributed by atoms with van der Waals surface area (Å²) in [6.07, 6.45) is 0. The van der Waals surface area contributed by atoms with Gasteiger partial charge in [-0.2, -0.15) is 0 Å². The maximum absolute atomic E-state index is 12.4. The van der Waals surface area contributed by atoms with Gasteiger partial charge in [-0.15, -0.1) is 0 Å². The lowest BCUT2D eigenvalue weighted by Crippen LogP contribution is -2.16. The number of halogens is 1. The van der Waals surface area contributed by atoms with Crippen LogP contribution in [0.25, 0.3) is 11.1 Å². The third kappa shape index (κ3) is 2.04. The molecule has 2 aromatic carbocycles. The molecule has 1 aliphatic rings. The predicted octanol–water partition coefficient (Wildman–Crippen LogP) is 3.51. The molecule has 0 heterocycles. The molecule has 0 atom stereocenters. The Hall–Kier alpha value is -2.00. The molecule has 98 valence electrons. The lowest BCUT2D eigenvalue weighted by Gasteiger charge is -2.05. The van der Waals surface area contributed by atoms with Gasteiger partial charge in [0.15, 0.2) is 11.6 Å². The number of benzene rings is 2. The van der Waals surface area contributed by atoms with E-state index in [4.69, 9.17) is 0 Å². The quantitative estimate of drug-likeness (QED) is 0.625. The van der Waals surface area contributed by atoms with Crippen LogP contribution in [0.2, 0.25) is 0 Å². The molecule has 0 radical (unpaired) electrons. The Bertz CT molecular complexity index is 641. The van der Waals surface area contributed by atoms with Crippen molar-refractivity contribution in [3.05, 3.63) is 71.8 Å². The number of allylic oxidation sites excluding steroid dienone is 2. The van der Waals surface area contributed by atoms with Crippen LogP contribution in [-0.4, -0.2) is 16.4 Å². The molecular weight excluding hydrogens is 316 g/mol. The average molecular weight is 327 g/mol. The van der Waals surface area contributed by atoms with Crippen molar-refractivity contribution in [1.82, 2.24) is 0 Å². The second-order valence-electron chi connectivity index (χ2n) is 4.57. The fourth-order valence-electron chi connectivity index (χ4n) is 2.40. The minimum absolute atomic E-state index is 0.167. The first-order chi connectivity index (χ1) is 9.70. The zero-order valence-electron chi connectivity index (χ0n) is 10.5. The predicted molar refractivity (Wildman–Crippen MR) is 82.4 cm³/mol. The highest BCUT2D eigenvalue weighted by atomic mass is 79.9. The van der Waals surface area contributed by atoms with E-state index in [0.717, 1.165) is 11.1 Å². The minimum atomic E-state index is -0.770. The molecule has 0 aromatic heterocycles. The van der Waals surface area contributed by atoms with Crippen molar-refractivity contribution in [2.75, 3.05) is 0 Å².